The molecule has 116 valence electrons. The summed E-state index contributed by atoms with van der Waals surface area (Å²) in [5.41, 5.74) is -0.794. The minimum absolute atomic E-state index is 0.0597. The average Bonchev–Trinajstić information content (AvgIpc) is 2.83. The number of nitrogens with zero attached hydrogens (tertiary/aromatic N) is 1. The largest absolute Gasteiger partial charge is 0.416 e. The Morgan fingerprint density at radius 3 is 2.18 bits per heavy atom. The van der Waals surface area contributed by atoms with Crippen LogP contribution in [0.15, 0.2) is 34.9 Å². The van der Waals surface area contributed by atoms with E-state index in [1.54, 1.807) is 6.92 Å². The van der Waals surface area contributed by atoms with E-state index in [0.717, 1.165) is 24.3 Å². The van der Waals surface area contributed by atoms with Crippen LogP contribution in [-0.4, -0.2) is 17.0 Å². The molecular formula is C13H10F3N3O3. The monoisotopic (exact) mass is 313 g/mol. The molecule has 0 aliphatic heterocycles. The lowest BCUT2D eigenvalue weighted by Gasteiger charge is -2.08. The van der Waals surface area contributed by atoms with Crippen LogP contribution in [0.4, 0.5) is 24.7 Å². The molecule has 0 spiro atoms. The molecule has 2 rings (SSSR count). The molecule has 6 nitrogen and oxygen atoms in total. The Hall–Kier alpha value is -2.84. The number of halogens is 3. The van der Waals surface area contributed by atoms with Gasteiger partial charge in [-0.25, -0.2) is 0 Å². The van der Waals surface area contributed by atoms with E-state index < -0.39 is 23.6 Å². The van der Waals surface area contributed by atoms with E-state index in [1.807, 2.05) is 0 Å². The molecule has 9 heteroatoms. The van der Waals surface area contributed by atoms with Gasteiger partial charge in [0.05, 0.1) is 5.56 Å². The van der Waals surface area contributed by atoms with Gasteiger partial charge in [0.1, 0.15) is 5.76 Å². The van der Waals surface area contributed by atoms with Crippen molar-refractivity contribution in [2.45, 2.75) is 13.1 Å². The minimum atomic E-state index is -4.47. The molecule has 2 N–H and O–H groups in total. The third-order valence-electron chi connectivity index (χ3n) is 2.55. The van der Waals surface area contributed by atoms with E-state index in [1.165, 1.54) is 6.07 Å². The first kappa shape index (κ1) is 15.5. The molecule has 0 fully saturated rings. The number of carbonyl (C=O) groups excluding carboxylic acids is 2. The standard InChI is InChI=1S/C13H10F3N3O3/c1-7-6-10(19-22-7)18-12(21)11(20)17-9-4-2-8(3-5-9)13(14,15)16/h2-6H,1H3,(H,17,20)(H,18,19,21). The number of aromatic nitrogens is 1. The number of anilines is 2. The molecule has 0 aliphatic rings. The summed E-state index contributed by atoms with van der Waals surface area (Å²) in [5.74, 6) is -1.56. The molecule has 0 aliphatic carbocycles. The van der Waals surface area contributed by atoms with Crippen molar-refractivity contribution in [2.24, 2.45) is 0 Å². The summed E-state index contributed by atoms with van der Waals surface area (Å²) >= 11 is 0. The van der Waals surface area contributed by atoms with E-state index in [9.17, 15) is 22.8 Å². The number of hydrogen-bond acceptors (Lipinski definition) is 4. The number of benzene rings is 1. The number of nitrogens with one attached hydrogen (secondary N) is 2. The number of hydrogen-bond donors (Lipinski definition) is 2. The highest BCUT2D eigenvalue weighted by Crippen LogP contribution is 2.29. The van der Waals surface area contributed by atoms with Gasteiger partial charge in [-0.05, 0) is 31.2 Å². The molecule has 0 unspecified atom stereocenters. The number of carbonyl (C=O) groups is 2. The summed E-state index contributed by atoms with van der Waals surface area (Å²) in [6.45, 7) is 1.60. The second kappa shape index (κ2) is 5.88. The molecule has 1 aromatic carbocycles. The Labute approximate surface area is 122 Å². The summed E-state index contributed by atoms with van der Waals surface area (Å²) in [5, 5.41) is 7.83. The second-order valence-electron chi connectivity index (χ2n) is 4.31. The molecule has 0 bridgehead atoms. The van der Waals surface area contributed by atoms with Crippen LogP contribution in [0.2, 0.25) is 0 Å². The summed E-state index contributed by atoms with van der Waals surface area (Å²) in [6, 6.07) is 5.11. The number of amides is 2. The van der Waals surface area contributed by atoms with Crippen molar-refractivity contribution in [1.29, 1.82) is 0 Å². The molecule has 0 radical (unpaired) electrons. The van der Waals surface area contributed by atoms with Gasteiger partial charge in [-0.2, -0.15) is 13.2 Å². The Balaban J connectivity index is 1.98. The predicted molar refractivity (Wildman–Crippen MR) is 69.9 cm³/mol. The third-order valence-corrected chi connectivity index (χ3v) is 2.55. The Kier molecular flexibility index (Phi) is 4.15. The highest BCUT2D eigenvalue weighted by atomic mass is 19.4. The van der Waals surface area contributed by atoms with Crippen molar-refractivity contribution < 1.29 is 27.3 Å². The molecule has 22 heavy (non-hydrogen) atoms. The van der Waals surface area contributed by atoms with Gasteiger partial charge in [0.15, 0.2) is 5.82 Å². The van der Waals surface area contributed by atoms with E-state index in [2.05, 4.69) is 15.8 Å². The van der Waals surface area contributed by atoms with E-state index in [4.69, 9.17) is 4.52 Å². The highest BCUT2D eigenvalue weighted by molar-refractivity contribution is 6.43. The molecule has 1 heterocycles. The summed E-state index contributed by atoms with van der Waals surface area (Å²) in [4.78, 5) is 23.2. The van der Waals surface area contributed by atoms with Gasteiger partial charge in [-0.15, -0.1) is 0 Å². The van der Waals surface area contributed by atoms with Crippen molar-refractivity contribution in [3.8, 4) is 0 Å². The maximum atomic E-state index is 12.4. The normalized spacial score (nSPS) is 11.1. The van der Waals surface area contributed by atoms with Crippen molar-refractivity contribution >= 4 is 23.3 Å². The zero-order valence-electron chi connectivity index (χ0n) is 11.2. The maximum absolute atomic E-state index is 12.4. The maximum Gasteiger partial charge on any atom is 0.416 e. The topological polar surface area (TPSA) is 84.2 Å². The van der Waals surface area contributed by atoms with Crippen LogP contribution in [0.1, 0.15) is 11.3 Å². The SMILES string of the molecule is Cc1cc(NC(=O)C(=O)Nc2ccc(C(F)(F)F)cc2)no1. The van der Waals surface area contributed by atoms with Gasteiger partial charge in [0.2, 0.25) is 0 Å². The van der Waals surface area contributed by atoms with Gasteiger partial charge >= 0.3 is 18.0 Å². The Morgan fingerprint density at radius 1 is 1.09 bits per heavy atom. The van der Waals surface area contributed by atoms with Crippen molar-refractivity contribution in [2.75, 3.05) is 10.6 Å². The third kappa shape index (κ3) is 3.84. The molecule has 2 amide bonds. The molecule has 0 saturated carbocycles. The van der Waals surface area contributed by atoms with E-state index >= 15 is 0 Å². The van der Waals surface area contributed by atoms with E-state index in [-0.39, 0.29) is 11.5 Å². The van der Waals surface area contributed by atoms with Gasteiger partial charge < -0.3 is 9.84 Å². The zero-order valence-corrected chi connectivity index (χ0v) is 11.2. The highest BCUT2D eigenvalue weighted by Gasteiger charge is 2.30. The van der Waals surface area contributed by atoms with E-state index in [0.29, 0.717) is 5.76 Å². The van der Waals surface area contributed by atoms with Crippen LogP contribution in [0.3, 0.4) is 0 Å². The van der Waals surface area contributed by atoms with Gasteiger partial charge in [0, 0.05) is 11.8 Å². The molecule has 1 aromatic heterocycles. The number of alkyl halides is 3. The lowest BCUT2D eigenvalue weighted by Crippen LogP contribution is -2.29. The first-order valence-corrected chi connectivity index (χ1v) is 5.98. The van der Waals surface area contributed by atoms with Crippen molar-refractivity contribution in [3.05, 3.63) is 41.7 Å². The fraction of sp³-hybridized carbons (Fsp3) is 0.154. The summed E-state index contributed by atoms with van der Waals surface area (Å²) in [6.07, 6.45) is -4.47. The van der Waals surface area contributed by atoms with Gasteiger partial charge in [-0.1, -0.05) is 5.16 Å². The predicted octanol–water partition coefficient (Wildman–Crippen LogP) is 2.58. The second-order valence-corrected chi connectivity index (χ2v) is 4.31. The van der Waals surface area contributed by atoms with Crippen LogP contribution >= 0.6 is 0 Å². The lowest BCUT2D eigenvalue weighted by molar-refractivity contribution is -0.137. The van der Waals surface area contributed by atoms with Crippen LogP contribution in [0, 0.1) is 6.92 Å². The quantitative estimate of drug-likeness (QED) is 0.835. The van der Waals surface area contributed by atoms with Crippen molar-refractivity contribution in [3.63, 3.8) is 0 Å². The first-order valence-electron chi connectivity index (χ1n) is 5.98. The lowest BCUT2D eigenvalue weighted by atomic mass is 10.2. The van der Waals surface area contributed by atoms with Crippen LogP contribution in [-0.2, 0) is 15.8 Å². The average molecular weight is 313 g/mol. The van der Waals surface area contributed by atoms with Crippen LogP contribution in [0.25, 0.3) is 0 Å². The number of rotatable bonds is 2. The minimum Gasteiger partial charge on any atom is -0.360 e. The van der Waals surface area contributed by atoms with Crippen LogP contribution in [0.5, 0.6) is 0 Å². The molecule has 0 saturated heterocycles. The Bertz CT molecular complexity index is 693. The van der Waals surface area contributed by atoms with Gasteiger partial charge in [0.25, 0.3) is 0 Å². The van der Waals surface area contributed by atoms with Gasteiger partial charge in [-0.3, -0.25) is 14.9 Å². The first-order chi connectivity index (χ1) is 10.3. The Morgan fingerprint density at radius 2 is 1.68 bits per heavy atom. The molecular weight excluding hydrogens is 303 g/mol. The number of aryl methyl sites for hydroxylation is 1. The fourth-order valence-corrected chi connectivity index (χ4v) is 1.53. The fourth-order valence-electron chi connectivity index (χ4n) is 1.53. The smallest absolute Gasteiger partial charge is 0.360 e. The zero-order chi connectivity index (χ0) is 16.3. The molecule has 2 aromatic rings. The molecule has 0 atom stereocenters. The van der Waals surface area contributed by atoms with Crippen LogP contribution < -0.4 is 10.6 Å². The summed E-state index contributed by atoms with van der Waals surface area (Å²) < 4.78 is 41.9. The van der Waals surface area contributed by atoms with Crippen molar-refractivity contribution in [1.82, 2.24) is 5.16 Å². The summed E-state index contributed by atoms with van der Waals surface area (Å²) in [7, 11) is 0.